The van der Waals surface area contributed by atoms with Crippen molar-refractivity contribution in [2.75, 3.05) is 5.32 Å². The Labute approximate surface area is 122 Å². The Kier molecular flexibility index (Phi) is 3.74. The third-order valence-electron chi connectivity index (χ3n) is 3.42. The zero-order chi connectivity index (χ0) is 13.9. The number of hydrogen-bond acceptors (Lipinski definition) is 3. The number of benzene rings is 1. The van der Waals surface area contributed by atoms with Crippen LogP contribution in [0.15, 0.2) is 30.3 Å². The number of thiophene rings is 1. The van der Waals surface area contributed by atoms with Crippen molar-refractivity contribution in [1.82, 2.24) is 0 Å². The van der Waals surface area contributed by atoms with Crippen molar-refractivity contribution in [2.45, 2.75) is 32.8 Å². The first-order chi connectivity index (χ1) is 9.74. The number of ether oxygens (including phenoxy) is 1. The molecule has 1 amide bonds. The van der Waals surface area contributed by atoms with Crippen molar-refractivity contribution < 1.29 is 9.53 Å². The van der Waals surface area contributed by atoms with E-state index in [1.54, 1.807) is 11.3 Å². The van der Waals surface area contributed by atoms with Crippen LogP contribution in [-0.4, -0.2) is 5.91 Å². The Morgan fingerprint density at radius 1 is 1.20 bits per heavy atom. The molecule has 0 saturated carbocycles. The zero-order valence-corrected chi connectivity index (χ0v) is 12.3. The smallest absolute Gasteiger partial charge is 0.224 e. The van der Waals surface area contributed by atoms with Crippen molar-refractivity contribution in [2.24, 2.45) is 0 Å². The minimum atomic E-state index is 0.0838. The zero-order valence-electron chi connectivity index (χ0n) is 11.4. The van der Waals surface area contributed by atoms with Gasteiger partial charge in [-0.05, 0) is 36.6 Å². The molecule has 1 aliphatic rings. The molecule has 0 saturated heterocycles. The summed E-state index contributed by atoms with van der Waals surface area (Å²) in [6.07, 6.45) is 2.45. The monoisotopic (exact) mass is 287 g/mol. The summed E-state index contributed by atoms with van der Waals surface area (Å²) in [6.45, 7) is 2.74. The van der Waals surface area contributed by atoms with Gasteiger partial charge in [0, 0.05) is 27.9 Å². The van der Waals surface area contributed by atoms with Crippen molar-refractivity contribution in [3.63, 3.8) is 0 Å². The van der Waals surface area contributed by atoms with Crippen LogP contribution >= 0.6 is 11.3 Å². The quantitative estimate of drug-likeness (QED) is 0.929. The number of carbonyl (C=O) groups is 1. The fourth-order valence-corrected chi connectivity index (χ4v) is 3.16. The minimum absolute atomic E-state index is 0.0838. The lowest BCUT2D eigenvalue weighted by Crippen LogP contribution is -2.18. The molecule has 0 atom stereocenters. The van der Waals surface area contributed by atoms with Crippen LogP contribution in [0.3, 0.4) is 0 Å². The van der Waals surface area contributed by atoms with Gasteiger partial charge in [-0.25, -0.2) is 0 Å². The summed E-state index contributed by atoms with van der Waals surface area (Å²) in [6, 6.07) is 10.2. The fourth-order valence-electron chi connectivity index (χ4n) is 2.28. The topological polar surface area (TPSA) is 38.3 Å². The van der Waals surface area contributed by atoms with E-state index in [1.807, 2.05) is 18.2 Å². The van der Waals surface area contributed by atoms with Crippen LogP contribution in [0.25, 0.3) is 0 Å². The minimum Gasteiger partial charge on any atom is -0.488 e. The lowest BCUT2D eigenvalue weighted by Gasteiger charge is -2.17. The average Bonchev–Trinajstić information content (AvgIpc) is 2.92. The fraction of sp³-hybridized carbons (Fsp3) is 0.312. The highest BCUT2D eigenvalue weighted by Gasteiger charge is 2.15. The van der Waals surface area contributed by atoms with Gasteiger partial charge in [-0.15, -0.1) is 11.3 Å². The first kappa shape index (κ1) is 13.2. The maximum atomic E-state index is 11.4. The molecule has 1 aliphatic heterocycles. The molecule has 20 heavy (non-hydrogen) atoms. The first-order valence-corrected chi connectivity index (χ1v) is 7.69. The van der Waals surface area contributed by atoms with E-state index in [2.05, 4.69) is 24.4 Å². The molecule has 1 aromatic carbocycles. The molecule has 4 heteroatoms. The predicted molar refractivity (Wildman–Crippen MR) is 81.4 cm³/mol. The van der Waals surface area contributed by atoms with Gasteiger partial charge in [0.05, 0.1) is 0 Å². The van der Waals surface area contributed by atoms with Crippen LogP contribution in [0, 0.1) is 0 Å². The standard InChI is InChI=1S/C16H17NO2S/c1-2-13-6-7-14(20-13)10-19-12-5-3-11-4-8-16(18)17-15(11)9-12/h3,5-7,9H,2,4,8,10H2,1H3,(H,17,18). The molecule has 3 nitrogen and oxygen atoms in total. The van der Waals surface area contributed by atoms with Crippen LogP contribution in [0.2, 0.25) is 0 Å². The summed E-state index contributed by atoms with van der Waals surface area (Å²) >= 11 is 1.79. The Balaban J connectivity index is 1.68. The first-order valence-electron chi connectivity index (χ1n) is 6.88. The third kappa shape index (κ3) is 2.85. The number of amides is 1. The van der Waals surface area contributed by atoms with E-state index in [0.717, 1.165) is 24.3 Å². The maximum Gasteiger partial charge on any atom is 0.224 e. The molecule has 1 N–H and O–H groups in total. The molecule has 0 unspecified atom stereocenters. The summed E-state index contributed by atoms with van der Waals surface area (Å²) in [4.78, 5) is 14.0. The van der Waals surface area contributed by atoms with E-state index in [9.17, 15) is 4.79 Å². The molecule has 0 spiro atoms. The van der Waals surface area contributed by atoms with Crippen LogP contribution in [0.5, 0.6) is 5.75 Å². The van der Waals surface area contributed by atoms with Crippen molar-refractivity contribution in [1.29, 1.82) is 0 Å². The van der Waals surface area contributed by atoms with Crippen LogP contribution in [-0.2, 0) is 24.2 Å². The summed E-state index contributed by atoms with van der Waals surface area (Å²) in [5.41, 5.74) is 2.07. The highest BCUT2D eigenvalue weighted by atomic mass is 32.1. The van der Waals surface area contributed by atoms with Crippen LogP contribution in [0.1, 0.15) is 28.7 Å². The van der Waals surface area contributed by atoms with Gasteiger partial charge in [-0.2, -0.15) is 0 Å². The van der Waals surface area contributed by atoms with Gasteiger partial charge in [0.15, 0.2) is 0 Å². The predicted octanol–water partition coefficient (Wildman–Crippen LogP) is 3.77. The Morgan fingerprint density at radius 2 is 2.05 bits per heavy atom. The summed E-state index contributed by atoms with van der Waals surface area (Å²) in [5, 5.41) is 2.90. The Bertz CT molecular complexity index is 633. The molecule has 0 fully saturated rings. The largest absolute Gasteiger partial charge is 0.488 e. The molecule has 0 aliphatic carbocycles. The van der Waals surface area contributed by atoms with Gasteiger partial charge >= 0.3 is 0 Å². The van der Waals surface area contributed by atoms with E-state index in [-0.39, 0.29) is 5.91 Å². The lowest BCUT2D eigenvalue weighted by molar-refractivity contribution is -0.116. The molecule has 1 aromatic heterocycles. The number of hydrogen-bond donors (Lipinski definition) is 1. The summed E-state index contributed by atoms with van der Waals surface area (Å²) < 4.78 is 5.81. The SMILES string of the molecule is CCc1ccc(COc2ccc3c(c2)NC(=O)CC3)s1. The third-order valence-corrected chi connectivity index (χ3v) is 4.63. The molecule has 0 bridgehead atoms. The van der Waals surface area contributed by atoms with Crippen LogP contribution < -0.4 is 10.1 Å². The molecular formula is C16H17NO2S. The molecule has 2 aromatic rings. The molecular weight excluding hydrogens is 270 g/mol. The number of fused-ring (bicyclic) bond motifs is 1. The summed E-state index contributed by atoms with van der Waals surface area (Å²) in [5.74, 6) is 0.887. The molecule has 104 valence electrons. The second-order valence-electron chi connectivity index (χ2n) is 4.88. The van der Waals surface area contributed by atoms with Crippen molar-refractivity contribution in [3.05, 3.63) is 45.6 Å². The number of aryl methyl sites for hydroxylation is 2. The normalized spacial score (nSPS) is 13.8. The van der Waals surface area contributed by atoms with E-state index in [0.29, 0.717) is 13.0 Å². The van der Waals surface area contributed by atoms with Gasteiger partial charge in [-0.1, -0.05) is 13.0 Å². The van der Waals surface area contributed by atoms with Crippen LogP contribution in [0.4, 0.5) is 5.69 Å². The second-order valence-corrected chi connectivity index (χ2v) is 6.13. The lowest BCUT2D eigenvalue weighted by atomic mass is 10.0. The van der Waals surface area contributed by atoms with Gasteiger partial charge in [0.2, 0.25) is 5.91 Å². The highest BCUT2D eigenvalue weighted by molar-refractivity contribution is 7.11. The molecule has 2 heterocycles. The van der Waals surface area contributed by atoms with Gasteiger partial charge in [0.1, 0.15) is 12.4 Å². The molecule has 0 radical (unpaired) electrons. The number of carbonyl (C=O) groups excluding carboxylic acids is 1. The van der Waals surface area contributed by atoms with Crippen molar-refractivity contribution in [3.8, 4) is 5.75 Å². The number of rotatable bonds is 4. The summed E-state index contributed by atoms with van der Waals surface area (Å²) in [7, 11) is 0. The maximum absolute atomic E-state index is 11.4. The van der Waals surface area contributed by atoms with Gasteiger partial charge < -0.3 is 10.1 Å². The van der Waals surface area contributed by atoms with E-state index >= 15 is 0 Å². The number of anilines is 1. The van der Waals surface area contributed by atoms with E-state index < -0.39 is 0 Å². The Morgan fingerprint density at radius 3 is 2.85 bits per heavy atom. The highest BCUT2D eigenvalue weighted by Crippen LogP contribution is 2.28. The Hall–Kier alpha value is -1.81. The number of nitrogens with one attached hydrogen (secondary N) is 1. The average molecular weight is 287 g/mol. The van der Waals surface area contributed by atoms with Gasteiger partial charge in [0.25, 0.3) is 0 Å². The second kappa shape index (κ2) is 5.67. The van der Waals surface area contributed by atoms with Gasteiger partial charge in [-0.3, -0.25) is 4.79 Å². The van der Waals surface area contributed by atoms with Crippen molar-refractivity contribution >= 4 is 22.9 Å². The molecule has 3 rings (SSSR count). The van der Waals surface area contributed by atoms with E-state index in [1.165, 1.54) is 15.3 Å². The van der Waals surface area contributed by atoms with E-state index in [4.69, 9.17) is 4.74 Å².